The van der Waals surface area contributed by atoms with E-state index in [0.29, 0.717) is 11.6 Å². The summed E-state index contributed by atoms with van der Waals surface area (Å²) in [6.45, 7) is 1.90. The Morgan fingerprint density at radius 2 is 2.42 bits per heavy atom. The second-order valence-corrected chi connectivity index (χ2v) is 3.01. The predicted molar refractivity (Wildman–Crippen MR) is 48.4 cm³/mol. The quantitative estimate of drug-likeness (QED) is 0.531. The van der Waals surface area contributed by atoms with Crippen LogP contribution in [-0.2, 0) is 11.2 Å². The van der Waals surface area contributed by atoms with Gasteiger partial charge in [-0.1, -0.05) is 17.7 Å². The Morgan fingerprint density at radius 3 is 3.00 bits per heavy atom. The van der Waals surface area contributed by atoms with E-state index in [1.54, 1.807) is 6.20 Å². The zero-order valence-electron chi connectivity index (χ0n) is 6.88. The third kappa shape index (κ3) is 2.31. The highest BCUT2D eigenvalue weighted by molar-refractivity contribution is 6.30. The molecular formula is C9H10ClNO. The van der Waals surface area contributed by atoms with Crippen molar-refractivity contribution in [3.63, 3.8) is 0 Å². The lowest BCUT2D eigenvalue weighted by molar-refractivity contribution is -0.107. The molecule has 1 aromatic heterocycles. The van der Waals surface area contributed by atoms with Crippen molar-refractivity contribution in [3.05, 3.63) is 28.5 Å². The minimum atomic E-state index is 0.532. The highest BCUT2D eigenvalue weighted by atomic mass is 35.5. The first-order chi connectivity index (χ1) is 5.74. The Hall–Kier alpha value is -0.890. The van der Waals surface area contributed by atoms with Gasteiger partial charge >= 0.3 is 0 Å². The summed E-state index contributed by atoms with van der Waals surface area (Å²) < 4.78 is 0. The third-order valence-electron chi connectivity index (χ3n) is 1.62. The molecule has 0 radical (unpaired) electrons. The van der Waals surface area contributed by atoms with Crippen LogP contribution in [0.25, 0.3) is 0 Å². The van der Waals surface area contributed by atoms with Gasteiger partial charge in [0.2, 0.25) is 0 Å². The van der Waals surface area contributed by atoms with Gasteiger partial charge in [-0.3, -0.25) is 0 Å². The van der Waals surface area contributed by atoms with Gasteiger partial charge in [0.1, 0.15) is 11.4 Å². The maximum atomic E-state index is 10.1. The minimum absolute atomic E-state index is 0.532. The van der Waals surface area contributed by atoms with Crippen LogP contribution >= 0.6 is 11.6 Å². The number of nitrogens with zero attached hydrogens (tertiary/aromatic N) is 1. The van der Waals surface area contributed by atoms with E-state index in [0.717, 1.165) is 23.8 Å². The standard InChI is InChI=1S/C9H10ClNO/c1-7-5-8(3-2-4-12)6-11-9(7)10/h4-6H,2-3H2,1H3. The van der Waals surface area contributed by atoms with Gasteiger partial charge < -0.3 is 4.79 Å². The maximum absolute atomic E-state index is 10.1. The van der Waals surface area contributed by atoms with Gasteiger partial charge in [0.25, 0.3) is 0 Å². The summed E-state index contributed by atoms with van der Waals surface area (Å²) in [6.07, 6.45) is 3.90. The second-order valence-electron chi connectivity index (χ2n) is 2.66. The smallest absolute Gasteiger partial charge is 0.131 e. The molecule has 0 saturated carbocycles. The van der Waals surface area contributed by atoms with Crippen LogP contribution in [-0.4, -0.2) is 11.3 Å². The van der Waals surface area contributed by atoms with E-state index in [4.69, 9.17) is 11.6 Å². The zero-order chi connectivity index (χ0) is 8.97. The van der Waals surface area contributed by atoms with Crippen molar-refractivity contribution in [2.75, 3.05) is 0 Å². The molecule has 1 heterocycles. The number of carbonyl (C=O) groups excluding carboxylic acids is 1. The lowest BCUT2D eigenvalue weighted by atomic mass is 10.1. The Kier molecular flexibility index (Phi) is 3.23. The van der Waals surface area contributed by atoms with E-state index in [1.807, 2.05) is 13.0 Å². The molecule has 0 unspecified atom stereocenters. The summed E-state index contributed by atoms with van der Waals surface area (Å²) in [4.78, 5) is 14.1. The lowest BCUT2D eigenvalue weighted by Crippen LogP contribution is -1.90. The van der Waals surface area contributed by atoms with Crippen molar-refractivity contribution in [1.82, 2.24) is 4.98 Å². The number of pyridine rings is 1. The number of hydrogen-bond acceptors (Lipinski definition) is 2. The van der Waals surface area contributed by atoms with E-state index in [-0.39, 0.29) is 0 Å². The van der Waals surface area contributed by atoms with Gasteiger partial charge in [-0.15, -0.1) is 0 Å². The summed E-state index contributed by atoms with van der Waals surface area (Å²) in [5.41, 5.74) is 2.02. The monoisotopic (exact) mass is 183 g/mol. The van der Waals surface area contributed by atoms with Gasteiger partial charge in [0, 0.05) is 12.6 Å². The van der Waals surface area contributed by atoms with Crippen LogP contribution in [0, 0.1) is 6.92 Å². The van der Waals surface area contributed by atoms with Gasteiger partial charge in [-0.25, -0.2) is 4.98 Å². The molecule has 0 atom stereocenters. The average molecular weight is 184 g/mol. The van der Waals surface area contributed by atoms with Gasteiger partial charge in [-0.05, 0) is 24.5 Å². The van der Waals surface area contributed by atoms with Gasteiger partial charge in [0.05, 0.1) is 0 Å². The molecule has 12 heavy (non-hydrogen) atoms. The van der Waals surface area contributed by atoms with E-state index in [2.05, 4.69) is 4.98 Å². The number of hydrogen-bond donors (Lipinski definition) is 0. The van der Waals surface area contributed by atoms with Crippen LogP contribution < -0.4 is 0 Å². The Balaban J connectivity index is 2.75. The van der Waals surface area contributed by atoms with Crippen LogP contribution in [0.4, 0.5) is 0 Å². The summed E-state index contributed by atoms with van der Waals surface area (Å²) in [7, 11) is 0. The first-order valence-corrected chi connectivity index (χ1v) is 4.16. The zero-order valence-corrected chi connectivity index (χ0v) is 7.64. The van der Waals surface area contributed by atoms with Crippen LogP contribution in [0.1, 0.15) is 17.5 Å². The van der Waals surface area contributed by atoms with Crippen molar-refractivity contribution in [2.24, 2.45) is 0 Å². The number of halogens is 1. The molecule has 0 N–H and O–H groups in total. The van der Waals surface area contributed by atoms with Gasteiger partial charge in [-0.2, -0.15) is 0 Å². The van der Waals surface area contributed by atoms with Crippen molar-refractivity contribution < 1.29 is 4.79 Å². The Morgan fingerprint density at radius 1 is 1.67 bits per heavy atom. The lowest BCUT2D eigenvalue weighted by Gasteiger charge is -2.00. The molecule has 0 aromatic carbocycles. The van der Waals surface area contributed by atoms with Crippen molar-refractivity contribution in [2.45, 2.75) is 19.8 Å². The van der Waals surface area contributed by atoms with Crippen molar-refractivity contribution >= 4 is 17.9 Å². The van der Waals surface area contributed by atoms with E-state index < -0.39 is 0 Å². The Labute approximate surface area is 76.6 Å². The molecule has 0 bridgehead atoms. The van der Waals surface area contributed by atoms with E-state index in [9.17, 15) is 4.79 Å². The number of carbonyl (C=O) groups is 1. The van der Waals surface area contributed by atoms with Crippen molar-refractivity contribution in [3.8, 4) is 0 Å². The third-order valence-corrected chi connectivity index (χ3v) is 2.02. The minimum Gasteiger partial charge on any atom is -0.303 e. The molecule has 0 spiro atoms. The van der Waals surface area contributed by atoms with Crippen molar-refractivity contribution in [1.29, 1.82) is 0 Å². The second kappa shape index (κ2) is 4.21. The first kappa shape index (κ1) is 9.20. The topological polar surface area (TPSA) is 30.0 Å². The van der Waals surface area contributed by atoms with Crippen LogP contribution in [0.2, 0.25) is 5.15 Å². The predicted octanol–water partition coefficient (Wildman–Crippen LogP) is 2.17. The SMILES string of the molecule is Cc1cc(CCC=O)cnc1Cl. The number of rotatable bonds is 3. The number of aryl methyl sites for hydroxylation is 2. The molecule has 0 fully saturated rings. The van der Waals surface area contributed by atoms with Gasteiger partial charge in [0.15, 0.2) is 0 Å². The first-order valence-electron chi connectivity index (χ1n) is 3.78. The van der Waals surface area contributed by atoms with E-state index >= 15 is 0 Å². The fraction of sp³-hybridized carbons (Fsp3) is 0.333. The highest BCUT2D eigenvalue weighted by Gasteiger charge is 1.98. The van der Waals surface area contributed by atoms with Crippen LogP contribution in [0.5, 0.6) is 0 Å². The largest absolute Gasteiger partial charge is 0.303 e. The Bertz CT molecular complexity index is 286. The summed E-state index contributed by atoms with van der Waals surface area (Å²) in [5, 5.41) is 0.532. The molecule has 0 amide bonds. The van der Waals surface area contributed by atoms with E-state index in [1.165, 1.54) is 0 Å². The fourth-order valence-electron chi connectivity index (χ4n) is 0.979. The normalized spacial score (nSPS) is 9.83. The molecule has 64 valence electrons. The molecule has 0 aliphatic rings. The summed E-state index contributed by atoms with van der Waals surface area (Å²) in [5.74, 6) is 0. The highest BCUT2D eigenvalue weighted by Crippen LogP contribution is 2.13. The summed E-state index contributed by atoms with van der Waals surface area (Å²) >= 11 is 5.73. The molecular weight excluding hydrogens is 174 g/mol. The molecule has 2 nitrogen and oxygen atoms in total. The number of aromatic nitrogens is 1. The molecule has 0 aliphatic heterocycles. The summed E-state index contributed by atoms with van der Waals surface area (Å²) in [6, 6.07) is 1.96. The molecule has 1 rings (SSSR count). The molecule has 1 aromatic rings. The molecule has 0 aliphatic carbocycles. The average Bonchev–Trinajstić information content (AvgIpc) is 2.07. The van der Waals surface area contributed by atoms with Crippen LogP contribution in [0.15, 0.2) is 12.3 Å². The number of aldehydes is 1. The molecule has 0 saturated heterocycles. The van der Waals surface area contributed by atoms with Crippen LogP contribution in [0.3, 0.4) is 0 Å². The maximum Gasteiger partial charge on any atom is 0.131 e. The molecule has 3 heteroatoms. The fourth-order valence-corrected chi connectivity index (χ4v) is 1.08.